The molecule has 92 valence electrons. The SMILES string of the molecule is CCCN1C=CN(CC(O)c2ccccc2)C1. The van der Waals surface area contributed by atoms with Crippen LogP contribution in [0.25, 0.3) is 0 Å². The zero-order chi connectivity index (χ0) is 12.1. The highest BCUT2D eigenvalue weighted by Gasteiger charge is 2.15. The Bertz CT molecular complexity index is 364. The third kappa shape index (κ3) is 3.24. The molecule has 0 amide bonds. The topological polar surface area (TPSA) is 26.7 Å². The van der Waals surface area contributed by atoms with Gasteiger partial charge < -0.3 is 14.9 Å². The zero-order valence-corrected chi connectivity index (χ0v) is 10.3. The molecule has 3 nitrogen and oxygen atoms in total. The van der Waals surface area contributed by atoms with Crippen molar-refractivity contribution in [3.05, 3.63) is 48.3 Å². The summed E-state index contributed by atoms with van der Waals surface area (Å²) in [6.07, 6.45) is 4.89. The van der Waals surface area contributed by atoms with Crippen LogP contribution in [0.2, 0.25) is 0 Å². The largest absolute Gasteiger partial charge is 0.387 e. The first-order valence-corrected chi connectivity index (χ1v) is 6.19. The van der Waals surface area contributed by atoms with E-state index in [0.29, 0.717) is 6.54 Å². The van der Waals surface area contributed by atoms with Crippen molar-refractivity contribution >= 4 is 0 Å². The van der Waals surface area contributed by atoms with Crippen LogP contribution in [0.15, 0.2) is 42.7 Å². The van der Waals surface area contributed by atoms with E-state index in [2.05, 4.69) is 29.1 Å². The molecule has 0 fully saturated rings. The lowest BCUT2D eigenvalue weighted by atomic mass is 10.1. The molecule has 0 aliphatic carbocycles. The Morgan fingerprint density at radius 2 is 1.88 bits per heavy atom. The Labute approximate surface area is 103 Å². The van der Waals surface area contributed by atoms with Gasteiger partial charge in [0, 0.05) is 25.5 Å². The van der Waals surface area contributed by atoms with E-state index in [9.17, 15) is 5.11 Å². The number of nitrogens with zero attached hydrogens (tertiary/aromatic N) is 2. The molecule has 1 aliphatic rings. The summed E-state index contributed by atoms with van der Waals surface area (Å²) in [4.78, 5) is 4.41. The minimum absolute atomic E-state index is 0.414. The van der Waals surface area contributed by atoms with Gasteiger partial charge in [0.25, 0.3) is 0 Å². The lowest BCUT2D eigenvalue weighted by Gasteiger charge is -2.23. The Morgan fingerprint density at radius 3 is 2.59 bits per heavy atom. The number of β-amino-alcohol motifs (C(OH)–C–C–N with tert-alkyl or cyclic N) is 1. The smallest absolute Gasteiger partial charge is 0.0965 e. The van der Waals surface area contributed by atoms with E-state index in [1.165, 1.54) is 0 Å². The van der Waals surface area contributed by atoms with Crippen LogP contribution in [0.4, 0.5) is 0 Å². The Morgan fingerprint density at radius 1 is 1.18 bits per heavy atom. The summed E-state index contributed by atoms with van der Waals surface area (Å²) in [6.45, 7) is 4.79. The molecule has 0 radical (unpaired) electrons. The molecule has 2 rings (SSSR count). The highest BCUT2D eigenvalue weighted by Crippen LogP contribution is 2.16. The fraction of sp³-hybridized carbons (Fsp3) is 0.429. The van der Waals surface area contributed by atoms with Crippen molar-refractivity contribution in [3.63, 3.8) is 0 Å². The molecular weight excluding hydrogens is 212 g/mol. The average molecular weight is 232 g/mol. The van der Waals surface area contributed by atoms with Gasteiger partial charge in [-0.25, -0.2) is 0 Å². The van der Waals surface area contributed by atoms with Crippen molar-refractivity contribution in [2.45, 2.75) is 19.4 Å². The van der Waals surface area contributed by atoms with Gasteiger partial charge in [-0.05, 0) is 12.0 Å². The van der Waals surface area contributed by atoms with E-state index in [1.807, 2.05) is 30.3 Å². The summed E-state index contributed by atoms with van der Waals surface area (Å²) in [7, 11) is 0. The van der Waals surface area contributed by atoms with Gasteiger partial charge in [0.2, 0.25) is 0 Å². The van der Waals surface area contributed by atoms with Crippen LogP contribution in [0.1, 0.15) is 25.0 Å². The summed E-state index contributed by atoms with van der Waals surface area (Å²) in [5.41, 5.74) is 0.981. The zero-order valence-electron chi connectivity index (χ0n) is 10.3. The Balaban J connectivity index is 1.85. The molecule has 1 atom stereocenters. The van der Waals surface area contributed by atoms with Crippen LogP contribution in [0, 0.1) is 0 Å². The molecule has 0 bridgehead atoms. The quantitative estimate of drug-likeness (QED) is 0.843. The first-order valence-electron chi connectivity index (χ1n) is 6.19. The van der Waals surface area contributed by atoms with Gasteiger partial charge in [-0.3, -0.25) is 0 Å². The molecule has 17 heavy (non-hydrogen) atoms. The highest BCUT2D eigenvalue weighted by molar-refractivity contribution is 5.17. The van der Waals surface area contributed by atoms with E-state index in [-0.39, 0.29) is 0 Å². The molecule has 1 aromatic rings. The monoisotopic (exact) mass is 232 g/mol. The van der Waals surface area contributed by atoms with Gasteiger partial charge in [0.05, 0.1) is 12.8 Å². The van der Waals surface area contributed by atoms with Crippen LogP contribution in [-0.2, 0) is 0 Å². The average Bonchev–Trinajstić information content (AvgIpc) is 2.78. The number of aliphatic hydroxyl groups is 1. The van der Waals surface area contributed by atoms with Crippen LogP contribution in [0.5, 0.6) is 0 Å². The van der Waals surface area contributed by atoms with Gasteiger partial charge >= 0.3 is 0 Å². The normalized spacial score (nSPS) is 16.6. The molecule has 1 N–H and O–H groups in total. The van der Waals surface area contributed by atoms with Crippen molar-refractivity contribution in [2.75, 3.05) is 19.8 Å². The van der Waals surface area contributed by atoms with Gasteiger partial charge in [-0.2, -0.15) is 0 Å². The maximum Gasteiger partial charge on any atom is 0.0965 e. The van der Waals surface area contributed by atoms with Crippen molar-refractivity contribution in [2.24, 2.45) is 0 Å². The molecule has 0 saturated carbocycles. The number of hydrogen-bond donors (Lipinski definition) is 1. The second kappa shape index (κ2) is 5.73. The first kappa shape index (κ1) is 12.0. The Hall–Kier alpha value is -1.48. The highest BCUT2D eigenvalue weighted by atomic mass is 16.3. The fourth-order valence-electron chi connectivity index (χ4n) is 2.07. The number of hydrogen-bond acceptors (Lipinski definition) is 3. The van der Waals surface area contributed by atoms with E-state index < -0.39 is 6.10 Å². The maximum absolute atomic E-state index is 10.1. The molecule has 0 aromatic heterocycles. The van der Waals surface area contributed by atoms with Crippen LogP contribution >= 0.6 is 0 Å². The molecule has 0 saturated heterocycles. The summed E-state index contributed by atoms with van der Waals surface area (Å²) in [5, 5.41) is 10.1. The minimum atomic E-state index is -0.414. The molecule has 1 aliphatic heterocycles. The summed E-state index contributed by atoms with van der Waals surface area (Å²) < 4.78 is 0. The van der Waals surface area contributed by atoms with Crippen molar-refractivity contribution < 1.29 is 5.11 Å². The lowest BCUT2D eigenvalue weighted by molar-refractivity contribution is 0.124. The molecule has 1 heterocycles. The van der Waals surface area contributed by atoms with Crippen LogP contribution < -0.4 is 0 Å². The number of rotatable bonds is 5. The predicted molar refractivity (Wildman–Crippen MR) is 69.1 cm³/mol. The van der Waals surface area contributed by atoms with E-state index in [0.717, 1.165) is 25.2 Å². The number of aliphatic hydroxyl groups excluding tert-OH is 1. The van der Waals surface area contributed by atoms with E-state index >= 15 is 0 Å². The van der Waals surface area contributed by atoms with Gasteiger partial charge in [0.15, 0.2) is 0 Å². The fourth-order valence-corrected chi connectivity index (χ4v) is 2.07. The van der Waals surface area contributed by atoms with Crippen molar-refractivity contribution in [3.8, 4) is 0 Å². The van der Waals surface area contributed by atoms with Crippen LogP contribution in [-0.4, -0.2) is 34.7 Å². The second-order valence-electron chi connectivity index (χ2n) is 4.45. The van der Waals surface area contributed by atoms with Crippen molar-refractivity contribution in [1.29, 1.82) is 0 Å². The third-order valence-electron chi connectivity index (χ3n) is 2.95. The molecule has 3 heteroatoms. The molecule has 1 unspecified atom stereocenters. The standard InChI is InChI=1S/C14H20N2O/c1-2-8-15-9-10-16(12-15)11-14(17)13-6-4-3-5-7-13/h3-7,9-10,14,17H,2,8,11-12H2,1H3. The summed E-state index contributed by atoms with van der Waals surface area (Å²) in [5.74, 6) is 0. The predicted octanol–water partition coefficient (Wildman–Crippen LogP) is 2.18. The molecule has 0 spiro atoms. The maximum atomic E-state index is 10.1. The minimum Gasteiger partial charge on any atom is -0.387 e. The summed E-state index contributed by atoms with van der Waals surface area (Å²) >= 11 is 0. The number of benzene rings is 1. The lowest BCUT2D eigenvalue weighted by Crippen LogP contribution is -2.29. The third-order valence-corrected chi connectivity index (χ3v) is 2.95. The van der Waals surface area contributed by atoms with E-state index in [1.54, 1.807) is 0 Å². The molecule has 1 aromatic carbocycles. The van der Waals surface area contributed by atoms with Gasteiger partial charge in [-0.1, -0.05) is 37.3 Å². The van der Waals surface area contributed by atoms with Gasteiger partial charge in [-0.15, -0.1) is 0 Å². The summed E-state index contributed by atoms with van der Waals surface area (Å²) in [6, 6.07) is 9.82. The second-order valence-corrected chi connectivity index (χ2v) is 4.45. The Kier molecular flexibility index (Phi) is 4.04. The van der Waals surface area contributed by atoms with Crippen molar-refractivity contribution in [1.82, 2.24) is 9.80 Å². The van der Waals surface area contributed by atoms with Crippen LogP contribution in [0.3, 0.4) is 0 Å². The van der Waals surface area contributed by atoms with E-state index in [4.69, 9.17) is 0 Å². The first-order chi connectivity index (χ1) is 8.29. The molecular formula is C14H20N2O. The van der Waals surface area contributed by atoms with Gasteiger partial charge in [0.1, 0.15) is 0 Å².